The quantitative estimate of drug-likeness (QED) is 0.432. The molecule has 3 aromatic rings. The summed E-state index contributed by atoms with van der Waals surface area (Å²) in [7, 11) is 0. The fraction of sp³-hybridized carbons (Fsp3) is 0.393. The van der Waals surface area contributed by atoms with Gasteiger partial charge in [0.2, 0.25) is 0 Å². The van der Waals surface area contributed by atoms with E-state index < -0.39 is 12.0 Å². The van der Waals surface area contributed by atoms with Gasteiger partial charge in [-0.1, -0.05) is 32.0 Å². The number of nitrogens with one attached hydrogen (secondary N) is 1. The van der Waals surface area contributed by atoms with Gasteiger partial charge in [-0.05, 0) is 73.1 Å². The first-order chi connectivity index (χ1) is 16.2. The Hall–Kier alpha value is -3.25. The molecule has 0 aliphatic rings. The lowest BCUT2D eigenvalue weighted by atomic mass is 9.94. The van der Waals surface area contributed by atoms with Gasteiger partial charge in [-0.2, -0.15) is 0 Å². The Kier molecular flexibility index (Phi) is 8.40. The maximum atomic E-state index is 12.7. The molecule has 0 aliphatic heterocycles. The van der Waals surface area contributed by atoms with Crippen LogP contribution >= 0.6 is 0 Å². The van der Waals surface area contributed by atoms with Gasteiger partial charge in [-0.3, -0.25) is 14.6 Å². The summed E-state index contributed by atoms with van der Waals surface area (Å²) < 4.78 is 1.75. The maximum Gasteiger partial charge on any atom is 0.305 e. The predicted molar refractivity (Wildman–Crippen MR) is 136 cm³/mol. The molecule has 0 radical (unpaired) electrons. The molecule has 1 unspecified atom stereocenters. The highest BCUT2D eigenvalue weighted by Crippen LogP contribution is 2.29. The standard InChI is InChI=1S/C28H35N3O3/c1-18(2)11-24(31-10-9-19(3)12-26(31)32)17-30-25(14-27(33)34)22-13-23(16-29-15-22)28-20(4)7-6-8-21(28)5/h6-10,12-13,15-16,18,24-25,30H,11,14,17H2,1-5H3,(H,33,34)/t24?,25-/m1/s1. The van der Waals surface area contributed by atoms with Gasteiger partial charge in [-0.25, -0.2) is 0 Å². The van der Waals surface area contributed by atoms with Crippen molar-refractivity contribution in [3.8, 4) is 11.1 Å². The molecule has 3 rings (SSSR count). The molecule has 180 valence electrons. The van der Waals surface area contributed by atoms with Gasteiger partial charge < -0.3 is 15.0 Å². The van der Waals surface area contributed by atoms with Crippen molar-refractivity contribution in [3.63, 3.8) is 0 Å². The summed E-state index contributed by atoms with van der Waals surface area (Å²) in [6.45, 7) is 10.8. The number of benzene rings is 1. The van der Waals surface area contributed by atoms with Crippen molar-refractivity contribution in [3.05, 3.63) is 87.6 Å². The van der Waals surface area contributed by atoms with Crippen molar-refractivity contribution in [2.24, 2.45) is 5.92 Å². The lowest BCUT2D eigenvalue weighted by molar-refractivity contribution is -0.137. The first-order valence-electron chi connectivity index (χ1n) is 11.8. The molecule has 2 N–H and O–H groups in total. The van der Waals surface area contributed by atoms with Crippen molar-refractivity contribution in [1.82, 2.24) is 14.9 Å². The highest BCUT2D eigenvalue weighted by atomic mass is 16.4. The molecule has 0 bridgehead atoms. The zero-order valence-electron chi connectivity index (χ0n) is 20.7. The van der Waals surface area contributed by atoms with Crippen LogP contribution in [0.25, 0.3) is 11.1 Å². The number of aryl methyl sites for hydroxylation is 3. The Bertz CT molecular complexity index is 1180. The summed E-state index contributed by atoms with van der Waals surface area (Å²) in [6, 6.07) is 11.3. The molecule has 2 heterocycles. The third-order valence-electron chi connectivity index (χ3n) is 6.15. The van der Waals surface area contributed by atoms with Crippen LogP contribution in [0.3, 0.4) is 0 Å². The number of aromatic nitrogens is 2. The van der Waals surface area contributed by atoms with Gasteiger partial charge in [0.25, 0.3) is 5.56 Å². The van der Waals surface area contributed by atoms with E-state index in [1.807, 2.05) is 37.5 Å². The van der Waals surface area contributed by atoms with Crippen molar-refractivity contribution < 1.29 is 9.90 Å². The van der Waals surface area contributed by atoms with Gasteiger partial charge in [0.1, 0.15) is 0 Å². The molecule has 6 nitrogen and oxygen atoms in total. The first-order valence-corrected chi connectivity index (χ1v) is 11.8. The van der Waals surface area contributed by atoms with E-state index in [1.54, 1.807) is 16.8 Å². The Morgan fingerprint density at radius 2 is 1.79 bits per heavy atom. The average molecular weight is 462 g/mol. The van der Waals surface area contributed by atoms with Crippen LogP contribution in [-0.2, 0) is 4.79 Å². The van der Waals surface area contributed by atoms with Gasteiger partial charge in [0.05, 0.1) is 6.42 Å². The van der Waals surface area contributed by atoms with Gasteiger partial charge in [0, 0.05) is 48.8 Å². The average Bonchev–Trinajstić information content (AvgIpc) is 2.75. The second-order valence-electron chi connectivity index (χ2n) is 9.57. The van der Waals surface area contributed by atoms with E-state index in [2.05, 4.69) is 50.1 Å². The van der Waals surface area contributed by atoms with Gasteiger partial charge >= 0.3 is 5.97 Å². The summed E-state index contributed by atoms with van der Waals surface area (Å²) in [5.41, 5.74) is 6.10. The highest BCUT2D eigenvalue weighted by molar-refractivity contribution is 5.71. The molecule has 34 heavy (non-hydrogen) atoms. The van der Waals surface area contributed by atoms with Crippen LogP contribution in [0.15, 0.2) is 59.8 Å². The normalized spacial score (nSPS) is 13.1. The van der Waals surface area contributed by atoms with Crippen LogP contribution < -0.4 is 10.9 Å². The number of aliphatic carboxylic acids is 1. The zero-order chi connectivity index (χ0) is 24.8. The smallest absolute Gasteiger partial charge is 0.305 e. The van der Waals surface area contributed by atoms with Gasteiger partial charge in [0.15, 0.2) is 0 Å². The number of nitrogens with zero attached hydrogens (tertiary/aromatic N) is 2. The predicted octanol–water partition coefficient (Wildman–Crippen LogP) is 5.23. The number of carboxylic acid groups (broad SMARTS) is 1. The maximum absolute atomic E-state index is 12.7. The Morgan fingerprint density at radius 3 is 2.41 bits per heavy atom. The first kappa shape index (κ1) is 25.4. The van der Waals surface area contributed by atoms with E-state index >= 15 is 0 Å². The van der Waals surface area contributed by atoms with E-state index in [1.165, 1.54) is 0 Å². The minimum Gasteiger partial charge on any atom is -0.481 e. The highest BCUT2D eigenvalue weighted by Gasteiger charge is 2.21. The summed E-state index contributed by atoms with van der Waals surface area (Å²) in [4.78, 5) is 28.8. The molecular formula is C28H35N3O3. The SMILES string of the molecule is Cc1ccn(C(CN[C@H](CC(=O)O)c2cncc(-c3c(C)cccc3C)c2)CC(C)C)c(=O)c1. The van der Waals surface area contributed by atoms with Crippen LogP contribution in [0.2, 0.25) is 0 Å². The third kappa shape index (κ3) is 6.41. The summed E-state index contributed by atoms with van der Waals surface area (Å²) in [5.74, 6) is -0.505. The Morgan fingerprint density at radius 1 is 1.09 bits per heavy atom. The largest absolute Gasteiger partial charge is 0.481 e. The zero-order valence-corrected chi connectivity index (χ0v) is 20.7. The van der Waals surface area contributed by atoms with Crippen molar-refractivity contribution in [2.75, 3.05) is 6.54 Å². The molecule has 0 aliphatic carbocycles. The summed E-state index contributed by atoms with van der Waals surface area (Å²) in [6.07, 6.45) is 6.12. The van der Waals surface area contributed by atoms with E-state index in [0.29, 0.717) is 12.5 Å². The van der Waals surface area contributed by atoms with Crippen LogP contribution in [0.5, 0.6) is 0 Å². The fourth-order valence-corrected chi connectivity index (χ4v) is 4.55. The van der Waals surface area contributed by atoms with Crippen LogP contribution in [0.4, 0.5) is 0 Å². The monoisotopic (exact) mass is 461 g/mol. The molecule has 6 heteroatoms. The van der Waals surface area contributed by atoms with Crippen molar-refractivity contribution in [2.45, 2.75) is 59.5 Å². The lowest BCUT2D eigenvalue weighted by Gasteiger charge is -2.26. The number of rotatable bonds is 10. The number of carboxylic acids is 1. The molecule has 0 saturated heterocycles. The third-order valence-corrected chi connectivity index (χ3v) is 6.15. The van der Waals surface area contributed by atoms with Crippen LogP contribution in [0, 0.1) is 26.7 Å². The van der Waals surface area contributed by atoms with Crippen LogP contribution in [-0.4, -0.2) is 27.2 Å². The number of hydrogen-bond acceptors (Lipinski definition) is 4. The van der Waals surface area contributed by atoms with Crippen molar-refractivity contribution >= 4 is 5.97 Å². The second kappa shape index (κ2) is 11.3. The molecule has 2 atom stereocenters. The topological polar surface area (TPSA) is 84.2 Å². The minimum absolute atomic E-state index is 0.0408. The van der Waals surface area contributed by atoms with E-state index in [9.17, 15) is 14.7 Å². The molecule has 2 aromatic heterocycles. The molecular weight excluding hydrogens is 426 g/mol. The Labute approximate surface area is 201 Å². The Balaban J connectivity index is 1.91. The summed E-state index contributed by atoms with van der Waals surface area (Å²) >= 11 is 0. The lowest BCUT2D eigenvalue weighted by Crippen LogP contribution is -2.35. The molecule has 0 amide bonds. The van der Waals surface area contributed by atoms with Crippen LogP contribution in [0.1, 0.15) is 61.0 Å². The molecule has 1 aromatic carbocycles. The number of pyridine rings is 2. The minimum atomic E-state index is -0.886. The molecule has 0 saturated carbocycles. The van der Waals surface area contributed by atoms with Gasteiger partial charge in [-0.15, -0.1) is 0 Å². The molecule has 0 spiro atoms. The number of hydrogen-bond donors (Lipinski definition) is 2. The van der Waals surface area contributed by atoms with E-state index in [-0.39, 0.29) is 18.0 Å². The van der Waals surface area contributed by atoms with Crippen molar-refractivity contribution in [1.29, 1.82) is 0 Å². The molecule has 0 fully saturated rings. The van der Waals surface area contributed by atoms with E-state index in [0.717, 1.165) is 39.8 Å². The summed E-state index contributed by atoms with van der Waals surface area (Å²) in [5, 5.41) is 13.0. The second-order valence-corrected chi connectivity index (χ2v) is 9.57. The fourth-order valence-electron chi connectivity index (χ4n) is 4.55. The number of carbonyl (C=O) groups is 1. The van der Waals surface area contributed by atoms with E-state index in [4.69, 9.17) is 0 Å².